The highest BCUT2D eigenvalue weighted by Crippen LogP contribution is 2.16. The summed E-state index contributed by atoms with van der Waals surface area (Å²) in [5, 5.41) is 4.20. The normalized spacial score (nSPS) is 11.3. The van der Waals surface area contributed by atoms with Gasteiger partial charge in [-0.2, -0.15) is 5.10 Å². The number of hydrogen-bond acceptors (Lipinski definition) is 3. The standard InChI is InChI=1S/C19H25N3O/c1-5-21(6-2)18-10-7-16(8-11-18)9-12-19(23)17-13-20-22(14-17)15(3)4/h7-15H,5-6H2,1-4H3/b12-9+. The molecular weight excluding hydrogens is 286 g/mol. The predicted octanol–water partition coefficient (Wildman–Crippen LogP) is 4.21. The van der Waals surface area contributed by atoms with Crippen molar-refractivity contribution in [2.45, 2.75) is 33.7 Å². The van der Waals surface area contributed by atoms with E-state index in [1.165, 1.54) is 5.69 Å². The first-order chi connectivity index (χ1) is 11.0. The zero-order chi connectivity index (χ0) is 16.8. The topological polar surface area (TPSA) is 38.1 Å². The SMILES string of the molecule is CCN(CC)c1ccc(/C=C/C(=O)c2cnn(C(C)C)c2)cc1. The van der Waals surface area contributed by atoms with Crippen molar-refractivity contribution in [1.29, 1.82) is 0 Å². The molecule has 1 aromatic heterocycles. The lowest BCUT2D eigenvalue weighted by Crippen LogP contribution is -2.21. The molecule has 0 unspecified atom stereocenters. The molecule has 23 heavy (non-hydrogen) atoms. The van der Waals surface area contributed by atoms with Gasteiger partial charge >= 0.3 is 0 Å². The average Bonchev–Trinajstić information content (AvgIpc) is 3.05. The molecule has 0 saturated carbocycles. The molecule has 0 saturated heterocycles. The van der Waals surface area contributed by atoms with E-state index < -0.39 is 0 Å². The van der Waals surface area contributed by atoms with E-state index in [1.54, 1.807) is 23.2 Å². The van der Waals surface area contributed by atoms with Crippen LogP contribution in [-0.2, 0) is 0 Å². The molecule has 0 amide bonds. The van der Waals surface area contributed by atoms with E-state index in [1.807, 2.05) is 32.1 Å². The lowest BCUT2D eigenvalue weighted by molar-refractivity contribution is 0.104. The van der Waals surface area contributed by atoms with E-state index in [4.69, 9.17) is 0 Å². The molecule has 0 atom stereocenters. The van der Waals surface area contributed by atoms with Crippen molar-refractivity contribution in [3.8, 4) is 0 Å². The van der Waals surface area contributed by atoms with Crippen LogP contribution < -0.4 is 4.90 Å². The molecule has 0 aliphatic rings. The van der Waals surface area contributed by atoms with Crippen molar-refractivity contribution in [1.82, 2.24) is 9.78 Å². The maximum absolute atomic E-state index is 12.2. The second-order valence-electron chi connectivity index (χ2n) is 5.76. The first kappa shape index (κ1) is 17.0. The van der Waals surface area contributed by atoms with E-state index in [-0.39, 0.29) is 11.8 Å². The van der Waals surface area contributed by atoms with Crippen LogP contribution in [0.5, 0.6) is 0 Å². The number of nitrogens with zero attached hydrogens (tertiary/aromatic N) is 3. The number of carbonyl (C=O) groups is 1. The van der Waals surface area contributed by atoms with Crippen molar-refractivity contribution in [2.75, 3.05) is 18.0 Å². The van der Waals surface area contributed by atoms with Gasteiger partial charge in [0, 0.05) is 31.0 Å². The van der Waals surface area contributed by atoms with Gasteiger partial charge < -0.3 is 4.90 Å². The largest absolute Gasteiger partial charge is 0.372 e. The summed E-state index contributed by atoms with van der Waals surface area (Å²) in [5.41, 5.74) is 2.84. The molecule has 1 aromatic carbocycles. The van der Waals surface area contributed by atoms with Gasteiger partial charge in [0.25, 0.3) is 0 Å². The summed E-state index contributed by atoms with van der Waals surface area (Å²) in [6, 6.07) is 8.51. The van der Waals surface area contributed by atoms with Gasteiger partial charge in [-0.15, -0.1) is 0 Å². The molecule has 0 fully saturated rings. The first-order valence-corrected chi connectivity index (χ1v) is 8.16. The second kappa shape index (κ2) is 7.77. The molecule has 0 radical (unpaired) electrons. The Hall–Kier alpha value is -2.36. The highest BCUT2D eigenvalue weighted by molar-refractivity contribution is 6.06. The summed E-state index contributed by atoms with van der Waals surface area (Å²) in [5.74, 6) is -0.0234. The van der Waals surface area contributed by atoms with E-state index >= 15 is 0 Å². The lowest BCUT2D eigenvalue weighted by Gasteiger charge is -2.20. The predicted molar refractivity (Wildman–Crippen MR) is 96.0 cm³/mol. The van der Waals surface area contributed by atoms with Crippen LogP contribution in [0.15, 0.2) is 42.7 Å². The van der Waals surface area contributed by atoms with Gasteiger partial charge in [0.15, 0.2) is 5.78 Å². The number of benzene rings is 1. The minimum Gasteiger partial charge on any atom is -0.372 e. The summed E-state index contributed by atoms with van der Waals surface area (Å²) in [7, 11) is 0. The lowest BCUT2D eigenvalue weighted by atomic mass is 10.1. The number of carbonyl (C=O) groups excluding carboxylic acids is 1. The van der Waals surface area contributed by atoms with Gasteiger partial charge in [0.2, 0.25) is 0 Å². The van der Waals surface area contributed by atoms with Crippen LogP contribution in [0.25, 0.3) is 6.08 Å². The number of hydrogen-bond donors (Lipinski definition) is 0. The van der Waals surface area contributed by atoms with Crippen LogP contribution in [0.1, 0.15) is 49.7 Å². The molecule has 0 N–H and O–H groups in total. The highest BCUT2D eigenvalue weighted by atomic mass is 16.1. The van der Waals surface area contributed by atoms with Crippen molar-refractivity contribution in [2.24, 2.45) is 0 Å². The highest BCUT2D eigenvalue weighted by Gasteiger charge is 2.07. The summed E-state index contributed by atoms with van der Waals surface area (Å²) in [4.78, 5) is 14.5. The zero-order valence-corrected chi connectivity index (χ0v) is 14.4. The van der Waals surface area contributed by atoms with E-state index in [9.17, 15) is 4.79 Å². The zero-order valence-electron chi connectivity index (χ0n) is 14.4. The molecular formula is C19H25N3O. The Bertz CT molecular complexity index is 664. The Morgan fingerprint density at radius 2 is 1.87 bits per heavy atom. The Kier molecular flexibility index (Phi) is 5.74. The van der Waals surface area contributed by atoms with E-state index in [0.29, 0.717) is 5.56 Å². The van der Waals surface area contributed by atoms with Crippen LogP contribution >= 0.6 is 0 Å². The summed E-state index contributed by atoms with van der Waals surface area (Å²) in [6.07, 6.45) is 6.87. The van der Waals surface area contributed by atoms with E-state index in [0.717, 1.165) is 18.7 Å². The summed E-state index contributed by atoms with van der Waals surface area (Å²) < 4.78 is 1.79. The van der Waals surface area contributed by atoms with Gasteiger partial charge in [-0.3, -0.25) is 9.48 Å². The fourth-order valence-electron chi connectivity index (χ4n) is 2.40. The fourth-order valence-corrected chi connectivity index (χ4v) is 2.40. The fraction of sp³-hybridized carbons (Fsp3) is 0.368. The molecule has 2 aromatic rings. The quantitative estimate of drug-likeness (QED) is 0.568. The van der Waals surface area contributed by atoms with Crippen LogP contribution in [0.2, 0.25) is 0 Å². The number of anilines is 1. The number of rotatable bonds is 7. The summed E-state index contributed by atoms with van der Waals surface area (Å²) in [6.45, 7) is 10.3. The molecule has 4 heteroatoms. The first-order valence-electron chi connectivity index (χ1n) is 8.16. The number of allylic oxidation sites excluding steroid dienone is 1. The van der Waals surface area contributed by atoms with Gasteiger partial charge in [0.1, 0.15) is 0 Å². The van der Waals surface area contributed by atoms with Crippen LogP contribution in [0.3, 0.4) is 0 Å². The Balaban J connectivity index is 2.05. The molecule has 0 aliphatic carbocycles. The van der Waals surface area contributed by atoms with Gasteiger partial charge in [-0.05, 0) is 51.5 Å². The van der Waals surface area contributed by atoms with Crippen molar-refractivity contribution in [3.63, 3.8) is 0 Å². The molecule has 122 valence electrons. The summed E-state index contributed by atoms with van der Waals surface area (Å²) >= 11 is 0. The molecule has 2 rings (SSSR count). The van der Waals surface area contributed by atoms with Gasteiger partial charge in [-0.25, -0.2) is 0 Å². The van der Waals surface area contributed by atoms with Crippen LogP contribution in [-0.4, -0.2) is 28.7 Å². The number of ketones is 1. The third kappa shape index (κ3) is 4.31. The van der Waals surface area contributed by atoms with Crippen molar-refractivity contribution >= 4 is 17.5 Å². The second-order valence-corrected chi connectivity index (χ2v) is 5.76. The van der Waals surface area contributed by atoms with E-state index in [2.05, 4.69) is 36.0 Å². The minimum atomic E-state index is -0.0234. The molecule has 0 spiro atoms. The van der Waals surface area contributed by atoms with Crippen LogP contribution in [0.4, 0.5) is 5.69 Å². The molecule has 0 aliphatic heterocycles. The Labute approximate surface area is 138 Å². The van der Waals surface area contributed by atoms with Gasteiger partial charge in [-0.1, -0.05) is 18.2 Å². The molecule has 1 heterocycles. The molecule has 4 nitrogen and oxygen atoms in total. The average molecular weight is 311 g/mol. The maximum Gasteiger partial charge on any atom is 0.189 e. The smallest absolute Gasteiger partial charge is 0.189 e. The maximum atomic E-state index is 12.2. The van der Waals surface area contributed by atoms with Crippen molar-refractivity contribution < 1.29 is 4.79 Å². The Morgan fingerprint density at radius 3 is 2.39 bits per heavy atom. The van der Waals surface area contributed by atoms with Gasteiger partial charge in [0.05, 0.1) is 11.8 Å². The third-order valence-corrected chi connectivity index (χ3v) is 3.86. The number of aromatic nitrogens is 2. The minimum absolute atomic E-state index is 0.0234. The third-order valence-electron chi connectivity index (χ3n) is 3.86. The van der Waals surface area contributed by atoms with Crippen LogP contribution in [0, 0.1) is 0 Å². The van der Waals surface area contributed by atoms with Crippen molar-refractivity contribution in [3.05, 3.63) is 53.9 Å². The molecule has 0 bridgehead atoms. The Morgan fingerprint density at radius 1 is 1.22 bits per heavy atom. The monoisotopic (exact) mass is 311 g/mol.